The highest BCUT2D eigenvalue weighted by Gasteiger charge is 2.25. The number of rotatable bonds is 5. The van der Waals surface area contributed by atoms with E-state index in [1.807, 2.05) is 60.7 Å². The number of nitrogens with zero attached hydrogens (tertiary/aromatic N) is 3. The van der Waals surface area contributed by atoms with Gasteiger partial charge in [0.1, 0.15) is 5.82 Å². The lowest BCUT2D eigenvalue weighted by Crippen LogP contribution is -2.20. The number of benzene rings is 2. The number of carbonyl (C=O) groups is 1. The Balaban J connectivity index is 1.76. The molecule has 29 heavy (non-hydrogen) atoms. The fourth-order valence-electron chi connectivity index (χ4n) is 3.16. The first-order valence-corrected chi connectivity index (χ1v) is 9.44. The Morgan fingerprint density at radius 2 is 1.41 bits per heavy atom. The van der Waals surface area contributed by atoms with E-state index >= 15 is 0 Å². The van der Waals surface area contributed by atoms with Gasteiger partial charge in [-0.05, 0) is 23.3 Å². The maximum Gasteiger partial charge on any atom is 0.277 e. The first-order valence-electron chi connectivity index (χ1n) is 9.06. The maximum absolute atomic E-state index is 13.0. The Bertz CT molecular complexity index is 1060. The molecule has 0 aliphatic rings. The third kappa shape index (κ3) is 4.31. The monoisotopic (exact) mass is 400 g/mol. The maximum atomic E-state index is 13.0. The summed E-state index contributed by atoms with van der Waals surface area (Å²) in [5, 5.41) is 3.27. The summed E-state index contributed by atoms with van der Waals surface area (Å²) in [5.41, 5.74) is 2.88. The Labute approximate surface area is 173 Å². The molecule has 4 aromatic rings. The number of aromatic nitrogens is 3. The second kappa shape index (κ2) is 8.63. The number of amides is 1. The molecule has 0 fully saturated rings. The summed E-state index contributed by atoms with van der Waals surface area (Å²) in [6.45, 7) is 0. The van der Waals surface area contributed by atoms with Crippen LogP contribution in [-0.2, 0) is 0 Å². The normalized spacial score (nSPS) is 10.7. The lowest BCUT2D eigenvalue weighted by molar-refractivity contribution is 0.102. The van der Waals surface area contributed by atoms with Gasteiger partial charge in [0.15, 0.2) is 5.69 Å². The SMILES string of the molecule is O=C(Nc1ccc(Cl)cn1)c1nccnc1C(c1ccccc1)c1ccccc1. The molecule has 0 bridgehead atoms. The number of anilines is 1. The highest BCUT2D eigenvalue weighted by Crippen LogP contribution is 2.32. The molecule has 0 saturated heterocycles. The molecule has 2 aromatic carbocycles. The smallest absolute Gasteiger partial charge is 0.277 e. The second-order valence-corrected chi connectivity index (χ2v) is 6.80. The van der Waals surface area contributed by atoms with Gasteiger partial charge >= 0.3 is 0 Å². The number of hydrogen-bond donors (Lipinski definition) is 1. The van der Waals surface area contributed by atoms with Gasteiger partial charge in [0.2, 0.25) is 0 Å². The second-order valence-electron chi connectivity index (χ2n) is 6.36. The minimum absolute atomic E-state index is 0.231. The first-order chi connectivity index (χ1) is 14.2. The quantitative estimate of drug-likeness (QED) is 0.514. The van der Waals surface area contributed by atoms with Crippen LogP contribution in [0.5, 0.6) is 0 Å². The van der Waals surface area contributed by atoms with Crippen LogP contribution in [0, 0.1) is 0 Å². The summed E-state index contributed by atoms with van der Waals surface area (Å²) in [5.74, 6) is -0.211. The van der Waals surface area contributed by atoms with Crippen molar-refractivity contribution in [2.75, 3.05) is 5.32 Å². The predicted octanol–water partition coefficient (Wildman–Crippen LogP) is 4.96. The highest BCUT2D eigenvalue weighted by atomic mass is 35.5. The summed E-state index contributed by atoms with van der Waals surface area (Å²) in [6.07, 6.45) is 4.60. The van der Waals surface area contributed by atoms with Crippen molar-refractivity contribution in [3.8, 4) is 0 Å². The van der Waals surface area contributed by atoms with Crippen molar-refractivity contribution in [3.63, 3.8) is 0 Å². The fraction of sp³-hybridized carbons (Fsp3) is 0.0435. The van der Waals surface area contributed by atoms with Gasteiger partial charge in [-0.3, -0.25) is 9.78 Å². The summed E-state index contributed by atoms with van der Waals surface area (Å²) in [4.78, 5) is 26.0. The molecule has 142 valence electrons. The molecule has 0 spiro atoms. The van der Waals surface area contributed by atoms with Gasteiger partial charge in [-0.25, -0.2) is 9.97 Å². The zero-order valence-corrected chi connectivity index (χ0v) is 16.1. The van der Waals surface area contributed by atoms with Crippen molar-refractivity contribution in [2.45, 2.75) is 5.92 Å². The molecule has 0 atom stereocenters. The van der Waals surface area contributed by atoms with Gasteiger partial charge in [-0.15, -0.1) is 0 Å². The van der Waals surface area contributed by atoms with Crippen molar-refractivity contribution in [1.29, 1.82) is 0 Å². The van der Waals surface area contributed by atoms with Crippen LogP contribution in [0.3, 0.4) is 0 Å². The van der Waals surface area contributed by atoms with Crippen LogP contribution >= 0.6 is 11.6 Å². The van der Waals surface area contributed by atoms with Crippen molar-refractivity contribution < 1.29 is 4.79 Å². The van der Waals surface area contributed by atoms with E-state index in [1.54, 1.807) is 18.3 Å². The van der Waals surface area contributed by atoms with E-state index in [9.17, 15) is 4.79 Å². The van der Waals surface area contributed by atoms with Crippen LogP contribution in [0.1, 0.15) is 33.2 Å². The molecule has 4 rings (SSSR count). The third-order valence-electron chi connectivity index (χ3n) is 4.45. The standard InChI is InChI=1S/C23H17ClN4O/c24-18-11-12-19(27-15-18)28-23(29)22-21(25-13-14-26-22)20(16-7-3-1-4-8-16)17-9-5-2-6-10-17/h1-15,20H,(H,27,28,29). The zero-order valence-electron chi connectivity index (χ0n) is 15.4. The zero-order chi connectivity index (χ0) is 20.1. The molecule has 0 aliphatic heterocycles. The van der Waals surface area contributed by atoms with Gasteiger partial charge in [0.25, 0.3) is 5.91 Å². The molecule has 2 aromatic heterocycles. The average Bonchev–Trinajstić information content (AvgIpc) is 2.77. The summed E-state index contributed by atoms with van der Waals surface area (Å²) >= 11 is 5.87. The van der Waals surface area contributed by atoms with Gasteiger partial charge in [0, 0.05) is 18.6 Å². The lowest BCUT2D eigenvalue weighted by atomic mass is 9.87. The topological polar surface area (TPSA) is 67.8 Å². The highest BCUT2D eigenvalue weighted by molar-refractivity contribution is 6.30. The molecule has 2 heterocycles. The molecule has 1 amide bonds. The molecule has 0 aliphatic carbocycles. The minimum Gasteiger partial charge on any atom is -0.305 e. The van der Waals surface area contributed by atoms with Crippen LogP contribution < -0.4 is 5.32 Å². The van der Waals surface area contributed by atoms with E-state index in [1.165, 1.54) is 12.4 Å². The van der Waals surface area contributed by atoms with Crippen LogP contribution in [0.25, 0.3) is 0 Å². The minimum atomic E-state index is -0.375. The number of pyridine rings is 1. The van der Waals surface area contributed by atoms with E-state index in [4.69, 9.17) is 11.6 Å². The van der Waals surface area contributed by atoms with Crippen LogP contribution in [0.15, 0.2) is 91.4 Å². The Morgan fingerprint density at radius 1 is 0.793 bits per heavy atom. The Morgan fingerprint density at radius 3 is 2.00 bits per heavy atom. The van der Waals surface area contributed by atoms with Crippen LogP contribution in [0.2, 0.25) is 5.02 Å². The van der Waals surface area contributed by atoms with Gasteiger partial charge in [0.05, 0.1) is 16.6 Å². The molecular weight excluding hydrogens is 384 g/mol. The number of halogens is 1. The van der Waals surface area contributed by atoms with E-state index < -0.39 is 0 Å². The summed E-state index contributed by atoms with van der Waals surface area (Å²) in [7, 11) is 0. The molecule has 1 N–H and O–H groups in total. The molecule has 0 radical (unpaired) electrons. The largest absolute Gasteiger partial charge is 0.305 e. The average molecular weight is 401 g/mol. The third-order valence-corrected chi connectivity index (χ3v) is 4.67. The van der Waals surface area contributed by atoms with Gasteiger partial charge in [-0.1, -0.05) is 72.3 Å². The molecular formula is C23H17ClN4O. The number of hydrogen-bond acceptors (Lipinski definition) is 4. The number of carbonyl (C=O) groups excluding carboxylic acids is 1. The first kappa shape index (κ1) is 18.8. The molecule has 0 unspecified atom stereocenters. The van der Waals surface area contributed by atoms with E-state index in [0.717, 1.165) is 11.1 Å². The molecule has 5 nitrogen and oxygen atoms in total. The van der Waals surface area contributed by atoms with Crippen molar-refractivity contribution in [3.05, 3.63) is 119 Å². The molecule has 0 saturated carbocycles. The Kier molecular flexibility index (Phi) is 5.59. The predicted molar refractivity (Wildman–Crippen MR) is 113 cm³/mol. The van der Waals surface area contributed by atoms with E-state index in [0.29, 0.717) is 16.5 Å². The van der Waals surface area contributed by atoms with E-state index in [2.05, 4.69) is 20.3 Å². The fourth-order valence-corrected chi connectivity index (χ4v) is 3.27. The number of nitrogens with one attached hydrogen (secondary N) is 1. The van der Waals surface area contributed by atoms with Crippen molar-refractivity contribution in [2.24, 2.45) is 0 Å². The summed E-state index contributed by atoms with van der Waals surface area (Å²) < 4.78 is 0. The van der Waals surface area contributed by atoms with Crippen LogP contribution in [0.4, 0.5) is 5.82 Å². The van der Waals surface area contributed by atoms with Crippen molar-refractivity contribution >= 4 is 23.3 Å². The summed E-state index contributed by atoms with van der Waals surface area (Å²) in [6, 6.07) is 23.2. The Hall–Kier alpha value is -3.57. The van der Waals surface area contributed by atoms with E-state index in [-0.39, 0.29) is 17.5 Å². The van der Waals surface area contributed by atoms with Crippen LogP contribution in [-0.4, -0.2) is 20.9 Å². The van der Waals surface area contributed by atoms with Crippen molar-refractivity contribution in [1.82, 2.24) is 15.0 Å². The lowest BCUT2D eigenvalue weighted by Gasteiger charge is -2.19. The molecule has 6 heteroatoms. The van der Waals surface area contributed by atoms with Gasteiger partial charge < -0.3 is 5.32 Å². The van der Waals surface area contributed by atoms with Gasteiger partial charge in [-0.2, -0.15) is 0 Å².